The third kappa shape index (κ3) is 5.34. The number of carbonyl (C=O) groups is 1. The summed E-state index contributed by atoms with van der Waals surface area (Å²) in [5, 5.41) is 2.94. The van der Waals surface area contributed by atoms with Gasteiger partial charge in [-0.15, -0.1) is 0 Å². The molecule has 1 aliphatic rings. The molecule has 8 heteroatoms. The molecule has 1 saturated heterocycles. The lowest BCUT2D eigenvalue weighted by molar-refractivity contribution is 0.176. The third-order valence-corrected chi connectivity index (χ3v) is 4.38. The molecule has 2 amide bonds. The SMILES string of the molecule is C[C@@H](Cc1ccco1)NC(=O)N1CCC(NS(C)(=O)=O)CC1. The van der Waals surface area contributed by atoms with Crippen molar-refractivity contribution in [3.8, 4) is 0 Å². The molecule has 2 heterocycles. The molecule has 0 unspecified atom stereocenters. The molecule has 1 aromatic heterocycles. The standard InChI is InChI=1S/C14H23N3O4S/c1-11(10-13-4-3-9-21-13)15-14(18)17-7-5-12(6-8-17)16-22(2,19)20/h3-4,9,11-12,16H,5-8,10H2,1-2H3,(H,15,18)/t11-/m0/s1. The van der Waals surface area contributed by atoms with Gasteiger partial charge in [0.05, 0.1) is 12.5 Å². The molecule has 1 aliphatic heterocycles. The normalized spacial score (nSPS) is 18.2. The Morgan fingerprint density at radius 3 is 2.68 bits per heavy atom. The maximum absolute atomic E-state index is 12.2. The van der Waals surface area contributed by atoms with E-state index in [9.17, 15) is 13.2 Å². The number of nitrogens with one attached hydrogen (secondary N) is 2. The first-order valence-electron chi connectivity index (χ1n) is 7.38. The van der Waals surface area contributed by atoms with Gasteiger partial charge in [0.2, 0.25) is 10.0 Å². The third-order valence-electron chi connectivity index (χ3n) is 3.62. The van der Waals surface area contributed by atoms with Crippen LogP contribution in [-0.4, -0.2) is 50.8 Å². The minimum absolute atomic E-state index is 0.0227. The van der Waals surface area contributed by atoms with Gasteiger partial charge < -0.3 is 14.6 Å². The summed E-state index contributed by atoms with van der Waals surface area (Å²) in [6.45, 7) is 3.03. The Bertz CT molecular complexity index is 577. The first-order valence-corrected chi connectivity index (χ1v) is 9.28. The van der Waals surface area contributed by atoms with Crippen molar-refractivity contribution in [2.45, 2.75) is 38.3 Å². The van der Waals surface area contributed by atoms with Crippen molar-refractivity contribution in [1.82, 2.24) is 14.9 Å². The van der Waals surface area contributed by atoms with Gasteiger partial charge >= 0.3 is 6.03 Å². The monoisotopic (exact) mass is 329 g/mol. The molecular formula is C14H23N3O4S. The van der Waals surface area contributed by atoms with Crippen LogP contribution in [0.15, 0.2) is 22.8 Å². The Morgan fingerprint density at radius 2 is 2.14 bits per heavy atom. The zero-order chi connectivity index (χ0) is 16.2. The van der Waals surface area contributed by atoms with Crippen molar-refractivity contribution in [3.05, 3.63) is 24.2 Å². The summed E-state index contributed by atoms with van der Waals surface area (Å²) in [6.07, 6.45) is 4.68. The number of hydrogen-bond acceptors (Lipinski definition) is 4. The van der Waals surface area contributed by atoms with Gasteiger partial charge in [0.25, 0.3) is 0 Å². The van der Waals surface area contributed by atoms with E-state index in [-0.39, 0.29) is 18.1 Å². The van der Waals surface area contributed by atoms with Gasteiger partial charge in [-0.25, -0.2) is 17.9 Å². The van der Waals surface area contributed by atoms with Crippen LogP contribution in [0.3, 0.4) is 0 Å². The first-order chi connectivity index (χ1) is 10.3. The van der Waals surface area contributed by atoms with Crippen LogP contribution >= 0.6 is 0 Å². The van der Waals surface area contributed by atoms with Gasteiger partial charge in [-0.1, -0.05) is 0 Å². The topological polar surface area (TPSA) is 91.7 Å². The fourth-order valence-electron chi connectivity index (χ4n) is 2.59. The van der Waals surface area contributed by atoms with Crippen LogP contribution < -0.4 is 10.0 Å². The molecule has 0 aliphatic carbocycles. The van der Waals surface area contributed by atoms with Gasteiger partial charge in [0.1, 0.15) is 5.76 Å². The van der Waals surface area contributed by atoms with Crippen molar-refractivity contribution in [3.63, 3.8) is 0 Å². The van der Waals surface area contributed by atoms with E-state index in [2.05, 4.69) is 10.0 Å². The number of hydrogen-bond donors (Lipinski definition) is 2. The number of nitrogens with zero attached hydrogens (tertiary/aromatic N) is 1. The lowest BCUT2D eigenvalue weighted by Gasteiger charge is -2.32. The Kier molecular flexibility index (Phi) is 5.47. The second-order valence-corrected chi connectivity index (χ2v) is 7.57. The molecule has 0 saturated carbocycles. The summed E-state index contributed by atoms with van der Waals surface area (Å²) in [4.78, 5) is 13.9. The van der Waals surface area contributed by atoms with Crippen LogP contribution in [0.4, 0.5) is 4.79 Å². The summed E-state index contributed by atoms with van der Waals surface area (Å²) in [7, 11) is -3.19. The molecule has 2 rings (SSSR count). The maximum atomic E-state index is 12.2. The highest BCUT2D eigenvalue weighted by atomic mass is 32.2. The van der Waals surface area contributed by atoms with Crippen LogP contribution in [0, 0.1) is 0 Å². The number of rotatable bonds is 5. The average molecular weight is 329 g/mol. The van der Waals surface area contributed by atoms with Crippen molar-refractivity contribution >= 4 is 16.1 Å². The second-order valence-electron chi connectivity index (χ2n) is 5.79. The fourth-order valence-corrected chi connectivity index (χ4v) is 3.43. The molecule has 2 N–H and O–H groups in total. The summed E-state index contributed by atoms with van der Waals surface area (Å²) in [5.41, 5.74) is 0. The Morgan fingerprint density at radius 1 is 1.45 bits per heavy atom. The largest absolute Gasteiger partial charge is 0.469 e. The predicted molar refractivity (Wildman–Crippen MR) is 83.0 cm³/mol. The predicted octanol–water partition coefficient (Wildman–Crippen LogP) is 0.934. The van der Waals surface area contributed by atoms with Crippen LogP contribution in [0.5, 0.6) is 0 Å². The number of likely N-dealkylation sites (tertiary alicyclic amines) is 1. The number of carbonyl (C=O) groups excluding carboxylic acids is 1. The van der Waals surface area contributed by atoms with Crippen LogP contribution in [0.2, 0.25) is 0 Å². The Labute approximate surface area is 131 Å². The number of urea groups is 1. The van der Waals surface area contributed by atoms with Gasteiger partial charge in [-0.3, -0.25) is 0 Å². The minimum Gasteiger partial charge on any atom is -0.469 e. The van der Waals surface area contributed by atoms with E-state index in [0.717, 1.165) is 12.0 Å². The van der Waals surface area contributed by atoms with E-state index < -0.39 is 10.0 Å². The highest BCUT2D eigenvalue weighted by molar-refractivity contribution is 7.88. The number of furan rings is 1. The lowest BCUT2D eigenvalue weighted by Crippen LogP contribution is -2.51. The molecule has 0 bridgehead atoms. The van der Waals surface area contributed by atoms with E-state index in [0.29, 0.717) is 32.4 Å². The van der Waals surface area contributed by atoms with Crippen LogP contribution in [-0.2, 0) is 16.4 Å². The first kappa shape index (κ1) is 16.8. The van der Waals surface area contributed by atoms with Crippen molar-refractivity contribution in [2.75, 3.05) is 19.3 Å². The summed E-state index contributed by atoms with van der Waals surface area (Å²) in [5.74, 6) is 0.837. The highest BCUT2D eigenvalue weighted by Crippen LogP contribution is 2.12. The molecule has 0 aromatic carbocycles. The highest BCUT2D eigenvalue weighted by Gasteiger charge is 2.25. The smallest absolute Gasteiger partial charge is 0.317 e. The number of amides is 2. The number of sulfonamides is 1. The molecular weight excluding hydrogens is 306 g/mol. The quantitative estimate of drug-likeness (QED) is 0.841. The molecule has 1 fully saturated rings. The summed E-state index contributed by atoms with van der Waals surface area (Å²) in [6, 6.07) is 3.48. The van der Waals surface area contributed by atoms with Gasteiger partial charge in [-0.2, -0.15) is 0 Å². The summed E-state index contributed by atoms with van der Waals surface area (Å²) < 4.78 is 30.2. The molecule has 1 atom stereocenters. The average Bonchev–Trinajstić information content (AvgIpc) is 2.90. The Hall–Kier alpha value is -1.54. The van der Waals surface area contributed by atoms with E-state index in [1.165, 1.54) is 0 Å². The Balaban J connectivity index is 1.75. The van der Waals surface area contributed by atoms with Crippen molar-refractivity contribution < 1.29 is 17.6 Å². The van der Waals surface area contributed by atoms with Crippen LogP contribution in [0.25, 0.3) is 0 Å². The van der Waals surface area contributed by atoms with E-state index >= 15 is 0 Å². The van der Waals surface area contributed by atoms with Gasteiger partial charge in [0.15, 0.2) is 0 Å². The van der Waals surface area contributed by atoms with Crippen molar-refractivity contribution in [2.24, 2.45) is 0 Å². The van der Waals surface area contributed by atoms with E-state index in [4.69, 9.17) is 4.42 Å². The molecule has 1 aromatic rings. The molecule has 124 valence electrons. The van der Waals surface area contributed by atoms with Gasteiger partial charge in [0, 0.05) is 31.6 Å². The second kappa shape index (κ2) is 7.15. The fraction of sp³-hybridized carbons (Fsp3) is 0.643. The molecule has 0 spiro atoms. The van der Waals surface area contributed by atoms with Crippen molar-refractivity contribution in [1.29, 1.82) is 0 Å². The maximum Gasteiger partial charge on any atom is 0.317 e. The van der Waals surface area contributed by atoms with Gasteiger partial charge in [-0.05, 0) is 31.9 Å². The zero-order valence-electron chi connectivity index (χ0n) is 12.9. The molecule has 0 radical (unpaired) electrons. The molecule has 7 nitrogen and oxygen atoms in total. The zero-order valence-corrected chi connectivity index (χ0v) is 13.7. The van der Waals surface area contributed by atoms with E-state index in [1.54, 1.807) is 11.2 Å². The van der Waals surface area contributed by atoms with Crippen LogP contribution in [0.1, 0.15) is 25.5 Å². The summed E-state index contributed by atoms with van der Waals surface area (Å²) >= 11 is 0. The lowest BCUT2D eigenvalue weighted by atomic mass is 10.1. The van der Waals surface area contributed by atoms with E-state index in [1.807, 2.05) is 19.1 Å². The number of piperidine rings is 1. The minimum atomic E-state index is -3.19. The molecule has 22 heavy (non-hydrogen) atoms.